The fourth-order valence-electron chi connectivity index (χ4n) is 3.09. The van der Waals surface area contributed by atoms with Gasteiger partial charge in [0, 0.05) is 6.54 Å². The number of aromatic carboxylic acids is 1. The van der Waals surface area contributed by atoms with E-state index >= 15 is 0 Å². The van der Waals surface area contributed by atoms with Crippen LogP contribution in [0.1, 0.15) is 28.9 Å². The monoisotopic (exact) mass is 379 g/mol. The number of likely N-dealkylation sites (tertiary alicyclic amines) is 1. The van der Waals surface area contributed by atoms with Gasteiger partial charge in [0.2, 0.25) is 0 Å². The highest BCUT2D eigenvalue weighted by atomic mass is 35.5. The number of nitrogens with zero attached hydrogens (tertiary/aromatic N) is 2. The number of methoxy groups -OCH3 is 1. The Morgan fingerprint density at radius 1 is 1.31 bits per heavy atom. The number of aromatic amines is 1. The topological polar surface area (TPSA) is 105 Å². The van der Waals surface area contributed by atoms with Gasteiger partial charge in [0.15, 0.2) is 0 Å². The number of ether oxygens (including phenoxy) is 1. The molecule has 1 fully saturated rings. The van der Waals surface area contributed by atoms with Gasteiger partial charge in [-0.15, -0.1) is 0 Å². The summed E-state index contributed by atoms with van der Waals surface area (Å²) in [5.41, 5.74) is -1.59. The van der Waals surface area contributed by atoms with Gasteiger partial charge in [-0.2, -0.15) is 0 Å². The normalized spacial score (nSPS) is 14.5. The Balaban J connectivity index is 2.16. The number of H-pyrrole nitrogens is 1. The van der Waals surface area contributed by atoms with Crippen molar-refractivity contribution in [2.75, 3.05) is 20.2 Å². The third-order valence-corrected chi connectivity index (χ3v) is 4.68. The maximum absolute atomic E-state index is 12.9. The molecule has 9 heteroatoms. The molecule has 1 aliphatic heterocycles. The Labute approximate surface area is 153 Å². The average molecular weight is 380 g/mol. The van der Waals surface area contributed by atoms with Crippen molar-refractivity contribution in [3.8, 4) is 11.4 Å². The van der Waals surface area contributed by atoms with Crippen molar-refractivity contribution in [3.63, 3.8) is 0 Å². The highest BCUT2D eigenvalue weighted by Crippen LogP contribution is 2.25. The van der Waals surface area contributed by atoms with Crippen molar-refractivity contribution >= 4 is 17.6 Å². The third-order valence-electron chi connectivity index (χ3n) is 4.39. The highest BCUT2D eigenvalue weighted by molar-refractivity contribution is 6.32. The van der Waals surface area contributed by atoms with Gasteiger partial charge in [-0.1, -0.05) is 11.6 Å². The summed E-state index contributed by atoms with van der Waals surface area (Å²) in [4.78, 5) is 41.1. The van der Waals surface area contributed by atoms with Crippen molar-refractivity contribution < 1.29 is 14.6 Å². The first-order valence-electron chi connectivity index (χ1n) is 8.10. The van der Waals surface area contributed by atoms with Gasteiger partial charge in [-0.25, -0.2) is 14.2 Å². The minimum absolute atomic E-state index is 0.0472. The third kappa shape index (κ3) is 3.38. The minimum atomic E-state index is -1.34. The second-order valence-corrected chi connectivity index (χ2v) is 6.44. The van der Waals surface area contributed by atoms with Crippen LogP contribution in [0, 0.1) is 0 Å². The van der Waals surface area contributed by atoms with Crippen LogP contribution in [-0.2, 0) is 6.54 Å². The van der Waals surface area contributed by atoms with E-state index in [4.69, 9.17) is 16.3 Å². The molecular weight excluding hydrogens is 362 g/mol. The Hall–Kier alpha value is -2.58. The lowest BCUT2D eigenvalue weighted by Crippen LogP contribution is -2.40. The van der Waals surface area contributed by atoms with Crippen LogP contribution in [0.4, 0.5) is 0 Å². The number of aromatic nitrogens is 2. The van der Waals surface area contributed by atoms with Crippen LogP contribution in [-0.4, -0.2) is 45.7 Å². The van der Waals surface area contributed by atoms with Crippen LogP contribution < -0.4 is 16.0 Å². The summed E-state index contributed by atoms with van der Waals surface area (Å²) < 4.78 is 5.96. The lowest BCUT2D eigenvalue weighted by Gasteiger charge is -2.17. The van der Waals surface area contributed by atoms with Crippen LogP contribution in [0.5, 0.6) is 5.75 Å². The Morgan fingerprint density at radius 3 is 2.58 bits per heavy atom. The van der Waals surface area contributed by atoms with Crippen molar-refractivity contribution in [2.24, 2.45) is 0 Å². The van der Waals surface area contributed by atoms with E-state index in [0.29, 0.717) is 5.75 Å². The number of carbonyl (C=O) groups is 1. The quantitative estimate of drug-likeness (QED) is 0.815. The molecule has 0 amide bonds. The number of carboxylic acids is 1. The molecule has 0 radical (unpaired) electrons. The summed E-state index contributed by atoms with van der Waals surface area (Å²) in [5, 5.41) is 9.62. The molecule has 0 bridgehead atoms. The van der Waals surface area contributed by atoms with Crippen LogP contribution in [0.2, 0.25) is 5.02 Å². The molecule has 2 aromatic rings. The van der Waals surface area contributed by atoms with Crippen molar-refractivity contribution in [1.29, 1.82) is 0 Å². The van der Waals surface area contributed by atoms with Gasteiger partial charge < -0.3 is 14.8 Å². The molecule has 1 aromatic carbocycles. The van der Waals surface area contributed by atoms with Gasteiger partial charge in [0.1, 0.15) is 11.4 Å². The lowest BCUT2D eigenvalue weighted by atomic mass is 10.2. The Kier molecular flexibility index (Phi) is 5.15. The molecule has 2 heterocycles. The van der Waals surface area contributed by atoms with Gasteiger partial charge in [-0.05, 0) is 44.1 Å². The van der Waals surface area contributed by atoms with E-state index in [0.717, 1.165) is 30.5 Å². The van der Waals surface area contributed by atoms with Gasteiger partial charge in [0.05, 0.1) is 23.4 Å². The molecule has 0 aliphatic carbocycles. The summed E-state index contributed by atoms with van der Waals surface area (Å²) >= 11 is 6.09. The second-order valence-electron chi connectivity index (χ2n) is 6.03. The first-order valence-corrected chi connectivity index (χ1v) is 8.48. The molecular formula is C17H18ClN3O5. The standard InChI is InChI=1S/C17H18ClN3O5/c1-26-13-5-4-10(8-12(13)18)21-15(22)11(9-20-6-2-3-7-20)14(16(23)24)19-17(21)25/h4-5,8H,2-3,6-7,9H2,1H3,(H,19,25)(H,23,24). The number of halogens is 1. The van der Waals surface area contributed by atoms with Crippen molar-refractivity contribution in [2.45, 2.75) is 19.4 Å². The number of hydrogen-bond donors (Lipinski definition) is 2. The molecule has 3 rings (SSSR count). The number of carboxylic acid groups (broad SMARTS) is 1. The van der Waals surface area contributed by atoms with Crippen LogP contribution in [0.15, 0.2) is 27.8 Å². The van der Waals surface area contributed by atoms with E-state index in [1.54, 1.807) is 0 Å². The Bertz CT molecular complexity index is 960. The molecule has 26 heavy (non-hydrogen) atoms. The molecule has 0 saturated carbocycles. The molecule has 1 aromatic heterocycles. The maximum atomic E-state index is 12.9. The zero-order valence-corrected chi connectivity index (χ0v) is 14.9. The smallest absolute Gasteiger partial charge is 0.352 e. The van der Waals surface area contributed by atoms with E-state index < -0.39 is 17.2 Å². The lowest BCUT2D eigenvalue weighted by molar-refractivity contribution is 0.0687. The molecule has 8 nitrogen and oxygen atoms in total. The summed E-state index contributed by atoms with van der Waals surface area (Å²) in [6.07, 6.45) is 1.99. The van der Waals surface area contributed by atoms with E-state index in [1.807, 2.05) is 4.90 Å². The van der Waals surface area contributed by atoms with Crippen molar-refractivity contribution in [3.05, 3.63) is 55.3 Å². The van der Waals surface area contributed by atoms with Crippen molar-refractivity contribution in [1.82, 2.24) is 14.5 Å². The van der Waals surface area contributed by atoms with E-state index in [2.05, 4.69) is 4.98 Å². The summed E-state index contributed by atoms with van der Waals surface area (Å²) in [6, 6.07) is 4.48. The van der Waals surface area contributed by atoms with E-state index in [-0.39, 0.29) is 28.5 Å². The highest BCUT2D eigenvalue weighted by Gasteiger charge is 2.23. The van der Waals surface area contributed by atoms with Crippen LogP contribution in [0.3, 0.4) is 0 Å². The fraction of sp³-hybridized carbons (Fsp3) is 0.353. The molecule has 0 atom stereocenters. The predicted molar refractivity (Wildman–Crippen MR) is 95.7 cm³/mol. The fourth-order valence-corrected chi connectivity index (χ4v) is 3.35. The average Bonchev–Trinajstić information content (AvgIpc) is 3.10. The van der Waals surface area contributed by atoms with E-state index in [9.17, 15) is 19.5 Å². The largest absolute Gasteiger partial charge is 0.495 e. The molecule has 0 unspecified atom stereocenters. The van der Waals surface area contributed by atoms with Gasteiger partial charge in [0.25, 0.3) is 5.56 Å². The number of benzene rings is 1. The maximum Gasteiger partial charge on any atom is 0.352 e. The van der Waals surface area contributed by atoms with Gasteiger partial charge >= 0.3 is 11.7 Å². The van der Waals surface area contributed by atoms with Crippen LogP contribution in [0.25, 0.3) is 5.69 Å². The molecule has 0 spiro atoms. The summed E-state index contributed by atoms with van der Waals surface area (Å²) in [6.45, 7) is 1.74. The summed E-state index contributed by atoms with van der Waals surface area (Å²) in [5.74, 6) is -0.937. The Morgan fingerprint density at radius 2 is 2.00 bits per heavy atom. The first kappa shape index (κ1) is 18.2. The number of rotatable bonds is 5. The molecule has 1 aliphatic rings. The molecule has 138 valence electrons. The summed E-state index contributed by atoms with van der Waals surface area (Å²) in [7, 11) is 1.45. The van der Waals surface area contributed by atoms with Crippen LogP contribution >= 0.6 is 11.6 Å². The molecule has 1 saturated heterocycles. The SMILES string of the molecule is COc1ccc(-n2c(=O)[nH]c(C(=O)O)c(CN3CCCC3)c2=O)cc1Cl. The number of hydrogen-bond acceptors (Lipinski definition) is 5. The second kappa shape index (κ2) is 7.35. The zero-order chi connectivity index (χ0) is 18.8. The zero-order valence-electron chi connectivity index (χ0n) is 14.1. The predicted octanol–water partition coefficient (Wildman–Crippen LogP) is 1.48. The number of nitrogens with one attached hydrogen (secondary N) is 1. The first-order chi connectivity index (χ1) is 12.4. The minimum Gasteiger partial charge on any atom is -0.495 e. The molecule has 2 N–H and O–H groups in total. The van der Waals surface area contributed by atoms with Gasteiger partial charge in [-0.3, -0.25) is 9.69 Å². The van der Waals surface area contributed by atoms with E-state index in [1.165, 1.54) is 25.3 Å².